The smallest absolute Gasteiger partial charge is 0.160 e. The second-order valence-electron chi connectivity index (χ2n) is 12.4. The standard InChI is InChI=1S/C45H37N3/c1-3-31-21-25-43-39(27-31)40-28-32(4-2)22-26-44(40)48(43)38-20-12-17-33(23-24-38)36-18-11-19-37(29-36)42-30-41(34-13-7-5-8-14-34)46-45(47-42)35-15-9-6-10-16-35/h5-19,21-30H,3-4,20H2,1-2H3. The van der Waals surface area contributed by atoms with Crippen molar-refractivity contribution in [1.29, 1.82) is 0 Å². The zero-order valence-corrected chi connectivity index (χ0v) is 27.4. The molecular formula is C45H37N3. The van der Waals surface area contributed by atoms with Crippen molar-refractivity contribution in [2.45, 2.75) is 33.1 Å². The van der Waals surface area contributed by atoms with Gasteiger partial charge in [-0.05, 0) is 77.6 Å². The summed E-state index contributed by atoms with van der Waals surface area (Å²) in [7, 11) is 0. The van der Waals surface area contributed by atoms with E-state index in [9.17, 15) is 0 Å². The van der Waals surface area contributed by atoms with Crippen molar-refractivity contribution in [2.24, 2.45) is 0 Å². The Morgan fingerprint density at radius 3 is 1.77 bits per heavy atom. The van der Waals surface area contributed by atoms with Gasteiger partial charge in [-0.25, -0.2) is 9.97 Å². The fourth-order valence-electron chi connectivity index (χ4n) is 6.77. The molecular weight excluding hydrogens is 583 g/mol. The summed E-state index contributed by atoms with van der Waals surface area (Å²) < 4.78 is 2.46. The summed E-state index contributed by atoms with van der Waals surface area (Å²) in [4.78, 5) is 10.0. The summed E-state index contributed by atoms with van der Waals surface area (Å²) in [5.74, 6) is 0.724. The maximum atomic E-state index is 5.07. The lowest BCUT2D eigenvalue weighted by Gasteiger charge is -2.11. The lowest BCUT2D eigenvalue weighted by atomic mass is 10.00. The minimum atomic E-state index is 0.724. The molecule has 8 rings (SSSR count). The van der Waals surface area contributed by atoms with Crippen LogP contribution in [0.4, 0.5) is 0 Å². The summed E-state index contributed by atoms with van der Waals surface area (Å²) in [6, 6.07) is 45.3. The highest BCUT2D eigenvalue weighted by molar-refractivity contribution is 6.10. The van der Waals surface area contributed by atoms with Gasteiger partial charge in [0.2, 0.25) is 0 Å². The zero-order chi connectivity index (χ0) is 32.5. The van der Waals surface area contributed by atoms with E-state index in [-0.39, 0.29) is 0 Å². The molecule has 7 aromatic rings. The molecule has 2 aromatic heterocycles. The van der Waals surface area contributed by atoms with Gasteiger partial charge in [-0.3, -0.25) is 0 Å². The molecule has 1 aliphatic carbocycles. The van der Waals surface area contributed by atoms with Gasteiger partial charge in [0.1, 0.15) is 0 Å². The molecule has 1 aliphatic rings. The normalized spacial score (nSPS) is 13.0. The third-order valence-electron chi connectivity index (χ3n) is 9.40. The van der Waals surface area contributed by atoms with Crippen molar-refractivity contribution in [3.8, 4) is 33.9 Å². The summed E-state index contributed by atoms with van der Waals surface area (Å²) in [6.45, 7) is 4.46. The van der Waals surface area contributed by atoms with Crippen LogP contribution in [0.2, 0.25) is 0 Å². The third-order valence-corrected chi connectivity index (χ3v) is 9.40. The van der Waals surface area contributed by atoms with Gasteiger partial charge in [-0.2, -0.15) is 0 Å². The summed E-state index contributed by atoms with van der Waals surface area (Å²) >= 11 is 0. The van der Waals surface area contributed by atoms with E-state index in [1.165, 1.54) is 44.2 Å². The van der Waals surface area contributed by atoms with Gasteiger partial charge in [0.05, 0.1) is 22.4 Å². The monoisotopic (exact) mass is 619 g/mol. The Kier molecular flexibility index (Phi) is 7.87. The Labute approximate surface area is 282 Å². The zero-order valence-electron chi connectivity index (χ0n) is 27.4. The van der Waals surface area contributed by atoms with E-state index in [0.29, 0.717) is 0 Å². The van der Waals surface area contributed by atoms with Crippen LogP contribution in [0.15, 0.2) is 152 Å². The van der Waals surface area contributed by atoms with Crippen molar-refractivity contribution < 1.29 is 0 Å². The third kappa shape index (κ3) is 5.58. The summed E-state index contributed by atoms with van der Waals surface area (Å²) in [6.07, 6.45) is 12.0. The van der Waals surface area contributed by atoms with Gasteiger partial charge < -0.3 is 4.57 Å². The summed E-state index contributed by atoms with van der Waals surface area (Å²) in [5, 5.41) is 2.67. The maximum Gasteiger partial charge on any atom is 0.160 e. The van der Waals surface area contributed by atoms with Crippen molar-refractivity contribution in [1.82, 2.24) is 14.5 Å². The molecule has 0 amide bonds. The number of allylic oxidation sites excluding steroid dienone is 6. The number of nitrogens with zero attached hydrogens (tertiary/aromatic N) is 3. The molecule has 2 heterocycles. The highest BCUT2D eigenvalue weighted by Gasteiger charge is 2.16. The predicted molar refractivity (Wildman–Crippen MR) is 203 cm³/mol. The van der Waals surface area contributed by atoms with Crippen LogP contribution in [0, 0.1) is 0 Å². The first-order chi connectivity index (χ1) is 23.7. The van der Waals surface area contributed by atoms with Crippen LogP contribution in [0.25, 0.3) is 67.0 Å². The summed E-state index contributed by atoms with van der Waals surface area (Å²) in [5.41, 5.74) is 13.8. The predicted octanol–water partition coefficient (Wildman–Crippen LogP) is 11.6. The van der Waals surface area contributed by atoms with E-state index in [1.54, 1.807) is 0 Å². The molecule has 48 heavy (non-hydrogen) atoms. The lowest BCUT2D eigenvalue weighted by Crippen LogP contribution is -1.96. The first kappa shape index (κ1) is 29.6. The van der Waals surface area contributed by atoms with Crippen molar-refractivity contribution in [2.75, 3.05) is 0 Å². The van der Waals surface area contributed by atoms with Crippen LogP contribution < -0.4 is 0 Å². The number of hydrogen-bond acceptors (Lipinski definition) is 2. The minimum Gasteiger partial charge on any atom is -0.313 e. The van der Waals surface area contributed by atoms with E-state index in [4.69, 9.17) is 9.97 Å². The minimum absolute atomic E-state index is 0.724. The van der Waals surface area contributed by atoms with Crippen LogP contribution >= 0.6 is 0 Å². The first-order valence-electron chi connectivity index (χ1n) is 16.9. The molecule has 5 aromatic carbocycles. The first-order valence-corrected chi connectivity index (χ1v) is 16.9. The van der Waals surface area contributed by atoms with Crippen molar-refractivity contribution in [3.05, 3.63) is 168 Å². The molecule has 0 unspecified atom stereocenters. The number of aromatic nitrogens is 3. The van der Waals surface area contributed by atoms with Gasteiger partial charge in [-0.1, -0.05) is 123 Å². The SMILES string of the molecule is CCc1ccc2c(c1)c1cc(CC)ccc1n2C1=CC=C(c2cccc(-c3cc(-c4ccccc4)nc(-c4ccccc4)n3)c2)C=CC1. The Morgan fingerprint density at radius 2 is 1.12 bits per heavy atom. The van der Waals surface area contributed by atoms with E-state index in [2.05, 4.69) is 146 Å². The van der Waals surface area contributed by atoms with Crippen LogP contribution in [-0.4, -0.2) is 14.5 Å². The topological polar surface area (TPSA) is 30.7 Å². The largest absolute Gasteiger partial charge is 0.313 e. The fraction of sp³-hybridized carbons (Fsp3) is 0.111. The molecule has 3 nitrogen and oxygen atoms in total. The Hall–Kier alpha value is -5.80. The molecule has 232 valence electrons. The molecule has 0 saturated carbocycles. The highest BCUT2D eigenvalue weighted by Crippen LogP contribution is 2.36. The molecule has 0 atom stereocenters. The molecule has 0 radical (unpaired) electrons. The van der Waals surface area contributed by atoms with Gasteiger partial charge in [0.25, 0.3) is 0 Å². The van der Waals surface area contributed by atoms with Gasteiger partial charge in [0, 0.05) is 39.6 Å². The molecule has 0 spiro atoms. The number of hydrogen-bond donors (Lipinski definition) is 0. The van der Waals surface area contributed by atoms with Gasteiger partial charge in [-0.15, -0.1) is 0 Å². The second-order valence-corrected chi connectivity index (χ2v) is 12.4. The van der Waals surface area contributed by atoms with E-state index in [0.717, 1.165) is 58.7 Å². The van der Waals surface area contributed by atoms with Crippen LogP contribution in [0.1, 0.15) is 37.0 Å². The van der Waals surface area contributed by atoms with Gasteiger partial charge in [0.15, 0.2) is 5.82 Å². The van der Waals surface area contributed by atoms with Crippen LogP contribution in [-0.2, 0) is 12.8 Å². The second kappa shape index (κ2) is 12.8. The van der Waals surface area contributed by atoms with Crippen LogP contribution in [0.5, 0.6) is 0 Å². The maximum absolute atomic E-state index is 5.07. The number of rotatable bonds is 7. The van der Waals surface area contributed by atoms with Crippen LogP contribution in [0.3, 0.4) is 0 Å². The molecule has 0 fully saturated rings. The fourth-order valence-corrected chi connectivity index (χ4v) is 6.77. The number of fused-ring (bicyclic) bond motifs is 3. The van der Waals surface area contributed by atoms with Crippen molar-refractivity contribution in [3.63, 3.8) is 0 Å². The Balaban J connectivity index is 1.21. The molecule has 0 aliphatic heterocycles. The molecule has 0 bridgehead atoms. The molecule has 3 heteroatoms. The Bertz CT molecular complexity index is 2250. The molecule has 0 N–H and O–H groups in total. The average Bonchev–Trinajstić information content (AvgIpc) is 3.28. The number of benzene rings is 5. The van der Waals surface area contributed by atoms with E-state index < -0.39 is 0 Å². The lowest BCUT2D eigenvalue weighted by molar-refractivity contribution is 1.12. The van der Waals surface area contributed by atoms with Gasteiger partial charge >= 0.3 is 0 Å². The Morgan fingerprint density at radius 1 is 0.542 bits per heavy atom. The van der Waals surface area contributed by atoms with E-state index in [1.807, 2.05) is 24.3 Å². The average molecular weight is 620 g/mol. The highest BCUT2D eigenvalue weighted by atomic mass is 15.0. The number of aryl methyl sites for hydroxylation is 2. The quantitative estimate of drug-likeness (QED) is 0.178. The van der Waals surface area contributed by atoms with Crippen molar-refractivity contribution >= 4 is 33.1 Å². The van der Waals surface area contributed by atoms with E-state index >= 15 is 0 Å². The molecule has 0 saturated heterocycles.